The van der Waals surface area contributed by atoms with Gasteiger partial charge < -0.3 is 14.2 Å². The van der Waals surface area contributed by atoms with Crippen molar-refractivity contribution in [2.24, 2.45) is 0 Å². The van der Waals surface area contributed by atoms with E-state index in [4.69, 9.17) is 14.2 Å². The van der Waals surface area contributed by atoms with Gasteiger partial charge in [-0.2, -0.15) is 0 Å². The Labute approximate surface area is 83.6 Å². The molecule has 14 heavy (non-hydrogen) atoms. The molecule has 2 rings (SSSR count). The maximum Gasteiger partial charge on any atom is 0.231 e. The molecule has 0 saturated heterocycles. The van der Waals surface area contributed by atoms with E-state index in [1.165, 1.54) is 0 Å². The molecule has 1 aliphatic heterocycles. The second-order valence-corrected chi connectivity index (χ2v) is 3.25. The van der Waals surface area contributed by atoms with E-state index in [2.05, 4.69) is 6.92 Å². The largest absolute Gasteiger partial charge is 0.454 e. The first kappa shape index (κ1) is 9.34. The first-order valence-electron chi connectivity index (χ1n) is 4.77. The van der Waals surface area contributed by atoms with Crippen molar-refractivity contribution in [1.82, 2.24) is 0 Å². The van der Waals surface area contributed by atoms with Crippen molar-refractivity contribution in [3.05, 3.63) is 23.8 Å². The summed E-state index contributed by atoms with van der Waals surface area (Å²) in [4.78, 5) is 0. The highest BCUT2D eigenvalue weighted by molar-refractivity contribution is 5.45. The summed E-state index contributed by atoms with van der Waals surface area (Å²) in [5, 5.41) is 0. The molecule has 1 heterocycles. The molecule has 0 spiro atoms. The van der Waals surface area contributed by atoms with Crippen molar-refractivity contribution in [3.63, 3.8) is 0 Å². The molecule has 1 aromatic rings. The highest BCUT2D eigenvalue weighted by Gasteiger charge is 2.16. The van der Waals surface area contributed by atoms with Crippen LogP contribution in [0.25, 0.3) is 0 Å². The molecule has 3 nitrogen and oxygen atoms in total. The molecule has 76 valence electrons. The minimum atomic E-state index is 0.143. The lowest BCUT2D eigenvalue weighted by molar-refractivity contribution is 0.0998. The van der Waals surface area contributed by atoms with Gasteiger partial charge in [0.2, 0.25) is 6.79 Å². The predicted molar refractivity (Wildman–Crippen MR) is 52.6 cm³/mol. The predicted octanol–water partition coefficient (Wildman–Crippen LogP) is 2.51. The second kappa shape index (κ2) is 3.88. The van der Waals surface area contributed by atoms with Crippen molar-refractivity contribution >= 4 is 0 Å². The highest BCUT2D eigenvalue weighted by Crippen LogP contribution is 2.35. The van der Waals surface area contributed by atoms with E-state index in [0.717, 1.165) is 23.5 Å². The first-order chi connectivity index (χ1) is 6.85. The molecule has 0 N–H and O–H groups in total. The Hall–Kier alpha value is -1.22. The number of hydrogen-bond donors (Lipinski definition) is 0. The molecular weight excluding hydrogens is 180 g/mol. The zero-order valence-corrected chi connectivity index (χ0v) is 8.45. The van der Waals surface area contributed by atoms with Crippen molar-refractivity contribution < 1.29 is 14.2 Å². The van der Waals surface area contributed by atoms with Gasteiger partial charge in [-0.25, -0.2) is 0 Å². The summed E-state index contributed by atoms with van der Waals surface area (Å²) in [5.41, 5.74) is 1.14. The number of rotatable bonds is 3. The molecule has 0 saturated carbocycles. The van der Waals surface area contributed by atoms with Crippen molar-refractivity contribution in [2.45, 2.75) is 19.4 Å². The van der Waals surface area contributed by atoms with Gasteiger partial charge in [0, 0.05) is 7.11 Å². The number of hydrogen-bond acceptors (Lipinski definition) is 3. The van der Waals surface area contributed by atoms with Gasteiger partial charge in [-0.1, -0.05) is 13.0 Å². The number of benzene rings is 1. The summed E-state index contributed by atoms with van der Waals surface area (Å²) < 4.78 is 15.9. The van der Waals surface area contributed by atoms with Crippen molar-refractivity contribution in [1.29, 1.82) is 0 Å². The van der Waals surface area contributed by atoms with Crippen LogP contribution >= 0.6 is 0 Å². The third-order valence-corrected chi connectivity index (χ3v) is 2.42. The molecule has 0 radical (unpaired) electrons. The zero-order valence-electron chi connectivity index (χ0n) is 8.45. The van der Waals surface area contributed by atoms with Crippen LogP contribution in [0.15, 0.2) is 18.2 Å². The van der Waals surface area contributed by atoms with Crippen LogP contribution in [0.5, 0.6) is 11.5 Å². The monoisotopic (exact) mass is 194 g/mol. The third-order valence-electron chi connectivity index (χ3n) is 2.42. The van der Waals surface area contributed by atoms with Gasteiger partial charge in [-0.3, -0.25) is 0 Å². The summed E-state index contributed by atoms with van der Waals surface area (Å²) in [6, 6.07) is 5.94. The lowest BCUT2D eigenvalue weighted by Crippen LogP contribution is -1.99. The molecule has 0 fully saturated rings. The molecule has 3 heteroatoms. The molecular formula is C11H14O3. The molecule has 1 aliphatic rings. The van der Waals surface area contributed by atoms with Crippen LogP contribution in [0.2, 0.25) is 0 Å². The van der Waals surface area contributed by atoms with E-state index >= 15 is 0 Å². The lowest BCUT2D eigenvalue weighted by Gasteiger charge is -2.13. The van der Waals surface area contributed by atoms with Crippen LogP contribution in [-0.2, 0) is 4.74 Å². The average Bonchev–Trinajstić information content (AvgIpc) is 2.66. The standard InChI is InChI=1S/C11H14O3/c1-3-9(12-2)8-4-5-10-11(6-8)14-7-13-10/h4-6,9H,3,7H2,1-2H3. The van der Waals surface area contributed by atoms with Gasteiger partial charge in [-0.05, 0) is 24.1 Å². The third kappa shape index (κ3) is 1.55. The first-order valence-corrected chi connectivity index (χ1v) is 4.77. The van der Waals surface area contributed by atoms with Crippen LogP contribution in [-0.4, -0.2) is 13.9 Å². The Kier molecular flexibility index (Phi) is 2.59. The van der Waals surface area contributed by atoms with Gasteiger partial charge in [0.1, 0.15) is 0 Å². The number of fused-ring (bicyclic) bond motifs is 1. The van der Waals surface area contributed by atoms with Gasteiger partial charge >= 0.3 is 0 Å². The molecule has 1 aromatic carbocycles. The molecule has 0 aliphatic carbocycles. The Morgan fingerprint density at radius 2 is 2.14 bits per heavy atom. The highest BCUT2D eigenvalue weighted by atomic mass is 16.7. The fourth-order valence-corrected chi connectivity index (χ4v) is 1.65. The Bertz CT molecular complexity index is 318. The maximum atomic E-state index is 5.35. The maximum absolute atomic E-state index is 5.35. The van der Waals surface area contributed by atoms with Crippen molar-refractivity contribution in [2.75, 3.05) is 13.9 Å². The van der Waals surface area contributed by atoms with Crippen LogP contribution in [0, 0.1) is 0 Å². The molecule has 0 amide bonds. The van der Waals surface area contributed by atoms with Gasteiger partial charge in [0.15, 0.2) is 11.5 Å². The second-order valence-electron chi connectivity index (χ2n) is 3.25. The van der Waals surface area contributed by atoms with Crippen LogP contribution in [0.4, 0.5) is 0 Å². The average molecular weight is 194 g/mol. The van der Waals surface area contributed by atoms with Crippen LogP contribution in [0.1, 0.15) is 25.0 Å². The van der Waals surface area contributed by atoms with Crippen LogP contribution < -0.4 is 9.47 Å². The van der Waals surface area contributed by atoms with Gasteiger partial charge in [0.05, 0.1) is 6.10 Å². The molecule has 0 bridgehead atoms. The summed E-state index contributed by atoms with van der Waals surface area (Å²) in [6.07, 6.45) is 1.10. The van der Waals surface area contributed by atoms with Gasteiger partial charge in [-0.15, -0.1) is 0 Å². The van der Waals surface area contributed by atoms with Gasteiger partial charge in [0.25, 0.3) is 0 Å². The van der Waals surface area contributed by atoms with E-state index in [0.29, 0.717) is 6.79 Å². The zero-order chi connectivity index (χ0) is 9.97. The summed E-state index contributed by atoms with van der Waals surface area (Å²) in [6.45, 7) is 2.42. The Morgan fingerprint density at radius 3 is 2.86 bits per heavy atom. The molecule has 1 unspecified atom stereocenters. The fourth-order valence-electron chi connectivity index (χ4n) is 1.65. The van der Waals surface area contributed by atoms with E-state index in [1.54, 1.807) is 7.11 Å². The van der Waals surface area contributed by atoms with E-state index in [1.807, 2.05) is 18.2 Å². The Balaban J connectivity index is 2.27. The topological polar surface area (TPSA) is 27.7 Å². The minimum absolute atomic E-state index is 0.143. The summed E-state index contributed by atoms with van der Waals surface area (Å²) in [5.74, 6) is 1.64. The smallest absolute Gasteiger partial charge is 0.231 e. The van der Waals surface area contributed by atoms with E-state index in [9.17, 15) is 0 Å². The lowest BCUT2D eigenvalue weighted by atomic mass is 10.1. The van der Waals surface area contributed by atoms with Crippen LogP contribution in [0.3, 0.4) is 0 Å². The fraction of sp³-hybridized carbons (Fsp3) is 0.455. The minimum Gasteiger partial charge on any atom is -0.454 e. The van der Waals surface area contributed by atoms with Crippen molar-refractivity contribution in [3.8, 4) is 11.5 Å². The number of ether oxygens (including phenoxy) is 3. The number of methoxy groups -OCH3 is 1. The SMILES string of the molecule is CCC(OC)c1ccc2c(c1)OCO2. The molecule has 1 atom stereocenters. The summed E-state index contributed by atoms with van der Waals surface area (Å²) >= 11 is 0. The normalized spacial score (nSPS) is 15.6. The molecule has 0 aromatic heterocycles. The quantitative estimate of drug-likeness (QED) is 0.740. The Morgan fingerprint density at radius 1 is 1.36 bits per heavy atom. The van der Waals surface area contributed by atoms with E-state index < -0.39 is 0 Å². The van der Waals surface area contributed by atoms with E-state index in [-0.39, 0.29) is 6.10 Å². The summed E-state index contributed by atoms with van der Waals surface area (Å²) in [7, 11) is 1.72.